The Morgan fingerprint density at radius 3 is 2.24 bits per heavy atom. The molecular formula is C18H33N3. The quantitative estimate of drug-likeness (QED) is 0.671. The molecule has 0 aromatic carbocycles. The maximum Gasteiger partial charge on any atom is 0.127 e. The molecule has 21 heavy (non-hydrogen) atoms. The van der Waals surface area contributed by atoms with Crippen molar-refractivity contribution >= 4 is 11.5 Å². The average Bonchev–Trinajstić information content (AvgIpc) is 2.45. The van der Waals surface area contributed by atoms with Gasteiger partial charge in [0.05, 0.1) is 0 Å². The van der Waals surface area contributed by atoms with Crippen molar-refractivity contribution in [2.24, 2.45) is 11.8 Å². The van der Waals surface area contributed by atoms with Gasteiger partial charge in [-0.3, -0.25) is 0 Å². The second-order valence-corrected chi connectivity index (χ2v) is 6.68. The Kier molecular flexibility index (Phi) is 8.17. The van der Waals surface area contributed by atoms with Crippen LogP contribution in [0.2, 0.25) is 0 Å². The summed E-state index contributed by atoms with van der Waals surface area (Å²) in [5.41, 5.74) is 1.30. The Morgan fingerprint density at radius 1 is 1.10 bits per heavy atom. The van der Waals surface area contributed by atoms with Crippen molar-refractivity contribution in [1.29, 1.82) is 0 Å². The number of pyridine rings is 1. The van der Waals surface area contributed by atoms with Gasteiger partial charge in [0.1, 0.15) is 5.82 Å². The third-order valence-electron chi connectivity index (χ3n) is 3.62. The zero-order valence-electron chi connectivity index (χ0n) is 14.5. The van der Waals surface area contributed by atoms with E-state index in [-0.39, 0.29) is 0 Å². The first-order valence-electron chi connectivity index (χ1n) is 8.47. The van der Waals surface area contributed by atoms with E-state index in [1.165, 1.54) is 18.5 Å². The van der Waals surface area contributed by atoms with E-state index in [9.17, 15) is 0 Å². The molecule has 1 heterocycles. The van der Waals surface area contributed by atoms with Crippen molar-refractivity contribution in [3.63, 3.8) is 0 Å². The van der Waals surface area contributed by atoms with Gasteiger partial charge in [-0.25, -0.2) is 4.98 Å². The number of nitrogens with zero attached hydrogens (tertiary/aromatic N) is 2. The smallest absolute Gasteiger partial charge is 0.127 e. The summed E-state index contributed by atoms with van der Waals surface area (Å²) in [6, 6.07) is 4.33. The van der Waals surface area contributed by atoms with E-state index >= 15 is 0 Å². The molecule has 0 bridgehead atoms. The topological polar surface area (TPSA) is 28.2 Å². The fourth-order valence-corrected chi connectivity index (χ4v) is 2.16. The Labute approximate surface area is 131 Å². The number of rotatable bonds is 10. The lowest BCUT2D eigenvalue weighted by atomic mass is 10.1. The van der Waals surface area contributed by atoms with Gasteiger partial charge in [-0.1, -0.05) is 34.6 Å². The number of hydrogen-bond donors (Lipinski definition) is 1. The maximum atomic E-state index is 4.41. The molecule has 0 unspecified atom stereocenters. The number of aromatic nitrogens is 1. The summed E-state index contributed by atoms with van der Waals surface area (Å²) in [7, 11) is 0. The van der Waals surface area contributed by atoms with Crippen LogP contribution >= 0.6 is 0 Å². The minimum Gasteiger partial charge on any atom is -0.371 e. The predicted octanol–water partition coefficient (Wildman–Crippen LogP) is 4.80. The van der Waals surface area contributed by atoms with Gasteiger partial charge in [0.2, 0.25) is 0 Å². The third-order valence-corrected chi connectivity index (χ3v) is 3.62. The first kappa shape index (κ1) is 17.8. The second kappa shape index (κ2) is 9.64. The Morgan fingerprint density at radius 2 is 1.71 bits per heavy atom. The molecule has 120 valence electrons. The SMILES string of the molecule is CCCNc1cc(N(CCC(C)C)CCC(C)C)ccn1. The van der Waals surface area contributed by atoms with Crippen LogP contribution in [0.1, 0.15) is 53.9 Å². The first-order valence-corrected chi connectivity index (χ1v) is 8.47. The van der Waals surface area contributed by atoms with Crippen LogP contribution in [0.3, 0.4) is 0 Å². The molecule has 0 aliphatic rings. The fourth-order valence-electron chi connectivity index (χ4n) is 2.16. The number of anilines is 2. The molecule has 3 nitrogen and oxygen atoms in total. The molecule has 1 aromatic rings. The molecule has 3 heteroatoms. The van der Waals surface area contributed by atoms with Gasteiger partial charge < -0.3 is 10.2 Å². The second-order valence-electron chi connectivity index (χ2n) is 6.68. The molecule has 0 fully saturated rings. The Bertz CT molecular complexity index is 376. The summed E-state index contributed by atoms with van der Waals surface area (Å²) < 4.78 is 0. The van der Waals surface area contributed by atoms with Gasteiger partial charge in [-0.05, 0) is 37.2 Å². The normalized spacial score (nSPS) is 11.2. The molecule has 0 saturated heterocycles. The van der Waals surface area contributed by atoms with E-state index < -0.39 is 0 Å². The molecule has 0 saturated carbocycles. The molecular weight excluding hydrogens is 258 g/mol. The van der Waals surface area contributed by atoms with Crippen molar-refractivity contribution < 1.29 is 0 Å². The number of hydrogen-bond acceptors (Lipinski definition) is 3. The summed E-state index contributed by atoms with van der Waals surface area (Å²) in [5, 5.41) is 3.38. The van der Waals surface area contributed by atoms with E-state index in [2.05, 4.69) is 62.0 Å². The van der Waals surface area contributed by atoms with Crippen LogP contribution < -0.4 is 10.2 Å². The van der Waals surface area contributed by atoms with Crippen molar-refractivity contribution in [3.05, 3.63) is 18.3 Å². The lowest BCUT2D eigenvalue weighted by Gasteiger charge is -2.27. The van der Waals surface area contributed by atoms with Crippen LogP contribution in [0.25, 0.3) is 0 Å². The predicted molar refractivity (Wildman–Crippen MR) is 94.1 cm³/mol. The highest BCUT2D eigenvalue weighted by Gasteiger charge is 2.09. The molecule has 1 N–H and O–H groups in total. The van der Waals surface area contributed by atoms with Crippen LogP contribution in [-0.2, 0) is 0 Å². The minimum atomic E-state index is 0.742. The van der Waals surface area contributed by atoms with Gasteiger partial charge in [0.15, 0.2) is 0 Å². The molecule has 1 rings (SSSR count). The zero-order chi connectivity index (χ0) is 15.7. The lowest BCUT2D eigenvalue weighted by Crippen LogP contribution is -2.27. The monoisotopic (exact) mass is 291 g/mol. The van der Waals surface area contributed by atoms with Gasteiger partial charge in [0, 0.05) is 37.6 Å². The Balaban J connectivity index is 2.74. The summed E-state index contributed by atoms with van der Waals surface area (Å²) >= 11 is 0. The van der Waals surface area contributed by atoms with Crippen LogP contribution in [0.5, 0.6) is 0 Å². The highest BCUT2D eigenvalue weighted by atomic mass is 15.1. The summed E-state index contributed by atoms with van der Waals surface area (Å²) in [5.74, 6) is 2.48. The van der Waals surface area contributed by atoms with Gasteiger partial charge in [-0.15, -0.1) is 0 Å². The standard InChI is InChI=1S/C18H33N3/c1-6-10-19-18-14-17(7-11-20-18)21(12-8-15(2)3)13-9-16(4)5/h7,11,14-16H,6,8-10,12-13H2,1-5H3,(H,19,20). The van der Waals surface area contributed by atoms with E-state index in [1.54, 1.807) is 0 Å². The zero-order valence-corrected chi connectivity index (χ0v) is 14.5. The highest BCUT2D eigenvalue weighted by molar-refractivity contribution is 5.53. The fraction of sp³-hybridized carbons (Fsp3) is 0.722. The third kappa shape index (κ3) is 7.35. The summed E-state index contributed by atoms with van der Waals surface area (Å²) in [6.45, 7) is 14.6. The van der Waals surface area contributed by atoms with E-state index in [1.807, 2.05) is 6.20 Å². The van der Waals surface area contributed by atoms with E-state index in [0.29, 0.717) is 0 Å². The first-order chi connectivity index (χ1) is 10.0. The Hall–Kier alpha value is -1.25. The molecule has 0 spiro atoms. The van der Waals surface area contributed by atoms with Gasteiger partial charge in [-0.2, -0.15) is 0 Å². The van der Waals surface area contributed by atoms with Gasteiger partial charge >= 0.3 is 0 Å². The number of nitrogens with one attached hydrogen (secondary N) is 1. The van der Waals surface area contributed by atoms with Crippen LogP contribution in [0.15, 0.2) is 18.3 Å². The van der Waals surface area contributed by atoms with E-state index in [0.717, 1.165) is 43.7 Å². The lowest BCUT2D eigenvalue weighted by molar-refractivity contribution is 0.535. The molecule has 1 aromatic heterocycles. The van der Waals surface area contributed by atoms with E-state index in [4.69, 9.17) is 0 Å². The van der Waals surface area contributed by atoms with Crippen molar-refractivity contribution in [1.82, 2.24) is 4.98 Å². The van der Waals surface area contributed by atoms with Crippen LogP contribution in [0.4, 0.5) is 11.5 Å². The largest absolute Gasteiger partial charge is 0.371 e. The molecule has 0 atom stereocenters. The molecule has 0 radical (unpaired) electrons. The van der Waals surface area contributed by atoms with Crippen molar-refractivity contribution in [3.8, 4) is 0 Å². The summed E-state index contributed by atoms with van der Waals surface area (Å²) in [6.07, 6.45) is 5.51. The average molecular weight is 291 g/mol. The molecule has 0 amide bonds. The van der Waals surface area contributed by atoms with Crippen molar-refractivity contribution in [2.75, 3.05) is 29.9 Å². The minimum absolute atomic E-state index is 0.742. The molecule has 0 aliphatic heterocycles. The molecule has 0 aliphatic carbocycles. The van der Waals surface area contributed by atoms with Gasteiger partial charge in [0.25, 0.3) is 0 Å². The van der Waals surface area contributed by atoms with Crippen LogP contribution in [0, 0.1) is 11.8 Å². The maximum absolute atomic E-state index is 4.41. The van der Waals surface area contributed by atoms with Crippen molar-refractivity contribution in [2.45, 2.75) is 53.9 Å². The highest BCUT2D eigenvalue weighted by Crippen LogP contribution is 2.20. The van der Waals surface area contributed by atoms with Crippen LogP contribution in [-0.4, -0.2) is 24.6 Å². The summed E-state index contributed by atoms with van der Waals surface area (Å²) in [4.78, 5) is 6.92.